The van der Waals surface area contributed by atoms with Crippen molar-refractivity contribution in [2.75, 3.05) is 13.2 Å². The fourth-order valence-corrected chi connectivity index (χ4v) is 3.38. The van der Waals surface area contributed by atoms with E-state index >= 15 is 0 Å². The number of aliphatic hydroxyl groups excluding tert-OH is 1. The molecule has 0 bridgehead atoms. The Hall–Kier alpha value is -2.58. The SMILES string of the molecule is O=S1(=O)N=C(N(CCO)/N=C/c2cccnc2)c2ccccc21. The number of pyridine rings is 1. The van der Waals surface area contributed by atoms with Crippen LogP contribution in [-0.4, -0.2) is 48.7 Å². The van der Waals surface area contributed by atoms with E-state index in [-0.39, 0.29) is 23.9 Å². The lowest BCUT2D eigenvalue weighted by Crippen LogP contribution is -2.28. The monoisotopic (exact) mass is 330 g/mol. The summed E-state index contributed by atoms with van der Waals surface area (Å²) >= 11 is 0. The molecule has 1 aliphatic heterocycles. The van der Waals surface area contributed by atoms with E-state index in [2.05, 4.69) is 14.5 Å². The number of hydrogen-bond donors (Lipinski definition) is 1. The highest BCUT2D eigenvalue weighted by Crippen LogP contribution is 2.27. The number of benzene rings is 1. The van der Waals surface area contributed by atoms with Gasteiger partial charge in [-0.25, -0.2) is 5.01 Å². The number of aromatic nitrogens is 1. The summed E-state index contributed by atoms with van der Waals surface area (Å²) in [5, 5.41) is 14.9. The Kier molecular flexibility index (Phi) is 4.18. The molecule has 0 atom stereocenters. The summed E-state index contributed by atoms with van der Waals surface area (Å²) in [6.07, 6.45) is 4.81. The largest absolute Gasteiger partial charge is 0.394 e. The van der Waals surface area contributed by atoms with E-state index in [1.807, 2.05) is 6.07 Å². The van der Waals surface area contributed by atoms with Gasteiger partial charge in [0.05, 0.1) is 19.4 Å². The van der Waals surface area contributed by atoms with Crippen molar-refractivity contribution < 1.29 is 13.5 Å². The van der Waals surface area contributed by atoms with E-state index in [0.717, 1.165) is 5.56 Å². The number of fused-ring (bicyclic) bond motifs is 1. The zero-order valence-corrected chi connectivity index (χ0v) is 12.9. The summed E-state index contributed by atoms with van der Waals surface area (Å²) in [5.74, 6) is 0.204. The van der Waals surface area contributed by atoms with Gasteiger partial charge in [-0.15, -0.1) is 4.40 Å². The van der Waals surface area contributed by atoms with Crippen LogP contribution in [0.4, 0.5) is 0 Å². The Morgan fingerprint density at radius 2 is 2.04 bits per heavy atom. The molecule has 3 rings (SSSR count). The number of amidine groups is 1. The van der Waals surface area contributed by atoms with Crippen LogP contribution < -0.4 is 0 Å². The van der Waals surface area contributed by atoms with Crippen LogP contribution in [0.15, 0.2) is 63.2 Å². The second-order valence-electron chi connectivity index (χ2n) is 4.76. The number of nitrogens with zero attached hydrogens (tertiary/aromatic N) is 4. The minimum Gasteiger partial charge on any atom is -0.394 e. The van der Waals surface area contributed by atoms with Crippen LogP contribution in [0.2, 0.25) is 0 Å². The van der Waals surface area contributed by atoms with Gasteiger partial charge in [0.1, 0.15) is 4.90 Å². The molecule has 1 aromatic carbocycles. The normalized spacial score (nSPS) is 15.4. The average molecular weight is 330 g/mol. The lowest BCUT2D eigenvalue weighted by Gasteiger charge is -2.17. The summed E-state index contributed by atoms with van der Waals surface area (Å²) in [6.45, 7) is -0.0644. The molecular weight excluding hydrogens is 316 g/mol. The Morgan fingerprint density at radius 1 is 1.22 bits per heavy atom. The van der Waals surface area contributed by atoms with Crippen molar-refractivity contribution >= 4 is 22.1 Å². The van der Waals surface area contributed by atoms with Crippen molar-refractivity contribution in [1.29, 1.82) is 0 Å². The summed E-state index contributed by atoms with van der Waals surface area (Å²) in [7, 11) is -3.72. The highest BCUT2D eigenvalue weighted by molar-refractivity contribution is 7.90. The molecule has 2 aromatic rings. The number of sulfonamides is 1. The molecule has 23 heavy (non-hydrogen) atoms. The standard InChI is InChI=1S/C15H14N4O3S/c20-9-8-19(17-11-12-4-3-7-16-10-12)15-13-5-1-2-6-14(13)23(21,22)18-15/h1-7,10-11,20H,8-9H2/b17-11+. The van der Waals surface area contributed by atoms with Crippen molar-refractivity contribution in [2.45, 2.75) is 4.90 Å². The minimum absolute atomic E-state index is 0.124. The first-order chi connectivity index (χ1) is 11.1. The van der Waals surface area contributed by atoms with E-state index in [1.165, 1.54) is 11.1 Å². The first kappa shape index (κ1) is 15.3. The van der Waals surface area contributed by atoms with Gasteiger partial charge in [-0.05, 0) is 18.2 Å². The van der Waals surface area contributed by atoms with Gasteiger partial charge >= 0.3 is 0 Å². The van der Waals surface area contributed by atoms with Crippen molar-refractivity contribution in [1.82, 2.24) is 9.99 Å². The Labute approximate surface area is 133 Å². The fraction of sp³-hybridized carbons (Fsp3) is 0.133. The van der Waals surface area contributed by atoms with Crippen molar-refractivity contribution in [3.05, 3.63) is 59.9 Å². The van der Waals surface area contributed by atoms with Crippen molar-refractivity contribution in [3.63, 3.8) is 0 Å². The van der Waals surface area contributed by atoms with Crippen LogP contribution in [0.1, 0.15) is 11.1 Å². The van der Waals surface area contributed by atoms with Crippen LogP contribution in [0.25, 0.3) is 0 Å². The maximum absolute atomic E-state index is 12.1. The maximum atomic E-state index is 12.1. The van der Waals surface area contributed by atoms with Gasteiger partial charge in [-0.1, -0.05) is 18.2 Å². The quantitative estimate of drug-likeness (QED) is 0.662. The number of hydrogen-bond acceptors (Lipinski definition) is 6. The third-order valence-corrected chi connectivity index (χ3v) is 4.52. The zero-order valence-electron chi connectivity index (χ0n) is 12.1. The number of hydrazone groups is 1. The molecule has 1 N–H and O–H groups in total. The lowest BCUT2D eigenvalue weighted by atomic mass is 10.2. The van der Waals surface area contributed by atoms with Gasteiger partial charge in [0.2, 0.25) is 0 Å². The molecule has 7 nitrogen and oxygen atoms in total. The molecule has 1 aromatic heterocycles. The van der Waals surface area contributed by atoms with Gasteiger partial charge in [0.25, 0.3) is 10.0 Å². The van der Waals surface area contributed by atoms with Crippen molar-refractivity contribution in [2.24, 2.45) is 9.50 Å². The highest BCUT2D eigenvalue weighted by Gasteiger charge is 2.31. The molecule has 118 valence electrons. The Bertz CT molecular complexity index is 863. The van der Waals surface area contributed by atoms with Crippen LogP contribution in [-0.2, 0) is 10.0 Å². The minimum atomic E-state index is -3.72. The van der Waals surface area contributed by atoms with Gasteiger partial charge in [-0.2, -0.15) is 13.5 Å². The first-order valence-electron chi connectivity index (χ1n) is 6.88. The summed E-state index contributed by atoms with van der Waals surface area (Å²) in [6, 6.07) is 10.1. The molecule has 0 unspecified atom stereocenters. The third kappa shape index (κ3) is 3.13. The predicted octanol–water partition coefficient (Wildman–Crippen LogP) is 0.859. The van der Waals surface area contributed by atoms with Crippen molar-refractivity contribution in [3.8, 4) is 0 Å². The predicted molar refractivity (Wildman–Crippen MR) is 85.8 cm³/mol. The molecule has 0 aliphatic carbocycles. The van der Waals surface area contributed by atoms with E-state index in [9.17, 15) is 13.5 Å². The molecule has 0 spiro atoms. The van der Waals surface area contributed by atoms with Crippen LogP contribution >= 0.6 is 0 Å². The summed E-state index contributed by atoms with van der Waals surface area (Å²) in [4.78, 5) is 4.13. The summed E-state index contributed by atoms with van der Waals surface area (Å²) < 4.78 is 28.0. The van der Waals surface area contributed by atoms with E-state index < -0.39 is 10.0 Å². The second kappa shape index (κ2) is 6.27. The molecular formula is C15H14N4O3S. The average Bonchev–Trinajstić information content (AvgIpc) is 2.84. The van der Waals surface area contributed by atoms with Gasteiger partial charge in [0.15, 0.2) is 5.84 Å². The molecule has 2 heterocycles. The molecule has 0 radical (unpaired) electrons. The topological polar surface area (TPSA) is 95.2 Å². The van der Waals surface area contributed by atoms with Gasteiger partial charge in [-0.3, -0.25) is 4.98 Å². The maximum Gasteiger partial charge on any atom is 0.285 e. The molecule has 0 amide bonds. The smallest absolute Gasteiger partial charge is 0.285 e. The third-order valence-electron chi connectivity index (χ3n) is 3.20. The lowest BCUT2D eigenvalue weighted by molar-refractivity contribution is 0.254. The first-order valence-corrected chi connectivity index (χ1v) is 8.32. The van der Waals surface area contributed by atoms with Gasteiger partial charge < -0.3 is 5.11 Å². The van der Waals surface area contributed by atoms with E-state index in [4.69, 9.17) is 0 Å². The Morgan fingerprint density at radius 3 is 2.78 bits per heavy atom. The van der Waals surface area contributed by atoms with E-state index in [1.54, 1.807) is 42.9 Å². The molecule has 0 saturated heterocycles. The zero-order chi connectivity index (χ0) is 16.3. The molecule has 1 aliphatic rings. The fourth-order valence-electron chi connectivity index (χ4n) is 2.18. The summed E-state index contributed by atoms with van der Waals surface area (Å²) in [5.41, 5.74) is 1.23. The molecule has 8 heteroatoms. The Balaban J connectivity index is 1.98. The van der Waals surface area contributed by atoms with Crippen LogP contribution in [0, 0.1) is 0 Å². The second-order valence-corrected chi connectivity index (χ2v) is 6.34. The highest BCUT2D eigenvalue weighted by atomic mass is 32.2. The molecule has 0 saturated carbocycles. The number of rotatable bonds is 4. The molecule has 0 fully saturated rings. The van der Waals surface area contributed by atoms with Gasteiger partial charge in [0, 0.05) is 23.5 Å². The number of aliphatic hydroxyl groups is 1. The van der Waals surface area contributed by atoms with Crippen LogP contribution in [0.5, 0.6) is 0 Å². The van der Waals surface area contributed by atoms with Crippen LogP contribution in [0.3, 0.4) is 0 Å². The van der Waals surface area contributed by atoms with E-state index in [0.29, 0.717) is 5.56 Å².